The molecule has 5 heteroatoms. The smallest absolute Gasteiger partial charge is 0.313 e. The van der Waals surface area contributed by atoms with Gasteiger partial charge in [-0.3, -0.25) is 14.4 Å². The van der Waals surface area contributed by atoms with Gasteiger partial charge in [0.05, 0.1) is 12.2 Å². The van der Waals surface area contributed by atoms with Crippen LogP contribution in [0.5, 0.6) is 0 Å². The summed E-state index contributed by atoms with van der Waals surface area (Å²) in [5.74, 6) is -0.914. The van der Waals surface area contributed by atoms with Crippen LogP contribution in [-0.2, 0) is 16.0 Å². The van der Waals surface area contributed by atoms with E-state index in [9.17, 15) is 14.4 Å². The third kappa shape index (κ3) is 3.43. The van der Waals surface area contributed by atoms with E-state index in [4.69, 9.17) is 9.15 Å². The lowest BCUT2D eigenvalue weighted by atomic mass is 9.86. The second-order valence-corrected chi connectivity index (χ2v) is 6.57. The molecule has 5 nitrogen and oxygen atoms in total. The van der Waals surface area contributed by atoms with Gasteiger partial charge in [0, 0.05) is 16.7 Å². The Bertz CT molecular complexity index is 1140. The van der Waals surface area contributed by atoms with Crippen molar-refractivity contribution in [3.63, 3.8) is 0 Å². The van der Waals surface area contributed by atoms with Crippen LogP contribution in [0, 0.1) is 0 Å². The van der Waals surface area contributed by atoms with Crippen molar-refractivity contribution in [3.8, 4) is 0 Å². The number of ether oxygens (including phenoxy) is 1. The predicted molar refractivity (Wildman–Crippen MR) is 108 cm³/mol. The number of carbonyl (C=O) groups is 3. The minimum absolute atomic E-state index is 0.0271. The summed E-state index contributed by atoms with van der Waals surface area (Å²) < 4.78 is 10.8. The normalized spacial score (nSPS) is 12.7. The lowest BCUT2D eigenvalue weighted by Gasteiger charge is -2.13. The Kier molecular flexibility index (Phi) is 4.96. The first-order chi connectivity index (χ1) is 14.1. The summed E-state index contributed by atoms with van der Waals surface area (Å²) in [7, 11) is 0. The van der Waals surface area contributed by atoms with E-state index < -0.39 is 5.97 Å². The van der Waals surface area contributed by atoms with E-state index in [1.165, 1.54) is 0 Å². The third-order valence-corrected chi connectivity index (χ3v) is 4.72. The van der Waals surface area contributed by atoms with Gasteiger partial charge < -0.3 is 9.15 Å². The van der Waals surface area contributed by atoms with Gasteiger partial charge in [-0.25, -0.2) is 0 Å². The van der Waals surface area contributed by atoms with Gasteiger partial charge in [-0.05, 0) is 12.5 Å². The van der Waals surface area contributed by atoms with Crippen LogP contribution in [0.15, 0.2) is 59.0 Å². The summed E-state index contributed by atoms with van der Waals surface area (Å²) in [5, 5.41) is 0. The van der Waals surface area contributed by atoms with E-state index in [0.29, 0.717) is 16.7 Å². The number of ketones is 2. The quantitative estimate of drug-likeness (QED) is 0.477. The molecular formula is C24H18O5. The molecule has 0 N–H and O–H groups in total. The number of hydrogen-bond acceptors (Lipinski definition) is 5. The van der Waals surface area contributed by atoms with Gasteiger partial charge in [0.25, 0.3) is 0 Å². The van der Waals surface area contributed by atoms with Crippen molar-refractivity contribution in [1.29, 1.82) is 0 Å². The molecule has 0 radical (unpaired) electrons. The molecule has 1 aliphatic carbocycles. The first-order valence-electron chi connectivity index (χ1n) is 9.33. The van der Waals surface area contributed by atoms with E-state index in [2.05, 4.69) is 0 Å². The molecule has 4 rings (SSSR count). The molecule has 0 unspecified atom stereocenters. The molecule has 0 fully saturated rings. The van der Waals surface area contributed by atoms with Gasteiger partial charge in [0.15, 0.2) is 11.5 Å². The van der Waals surface area contributed by atoms with E-state index in [-0.39, 0.29) is 41.7 Å². The van der Waals surface area contributed by atoms with Crippen LogP contribution in [0.1, 0.15) is 55.9 Å². The largest absolute Gasteiger partial charge is 0.466 e. The standard InChI is InChI=1S/C24H18O5/c1-2-28-20(25)14-19-18(13-12-15-8-4-3-5-9-15)21-22(26)16-10-6-7-11-17(16)23(27)24(21)29-19/h3-13H,2,14H2,1H3/b13-12+. The summed E-state index contributed by atoms with van der Waals surface area (Å²) >= 11 is 0. The highest BCUT2D eigenvalue weighted by Crippen LogP contribution is 2.34. The number of rotatable bonds is 5. The van der Waals surface area contributed by atoms with Crippen molar-refractivity contribution in [1.82, 2.24) is 0 Å². The van der Waals surface area contributed by atoms with E-state index in [1.807, 2.05) is 36.4 Å². The van der Waals surface area contributed by atoms with Crippen LogP contribution in [-0.4, -0.2) is 24.1 Å². The Morgan fingerprint density at radius 2 is 1.59 bits per heavy atom. The molecule has 0 amide bonds. The van der Waals surface area contributed by atoms with Crippen molar-refractivity contribution in [2.45, 2.75) is 13.3 Å². The van der Waals surface area contributed by atoms with Crippen molar-refractivity contribution in [2.75, 3.05) is 6.61 Å². The average Bonchev–Trinajstić information content (AvgIpc) is 3.10. The number of esters is 1. The molecule has 0 atom stereocenters. The Morgan fingerprint density at radius 1 is 0.931 bits per heavy atom. The SMILES string of the molecule is CCOC(=O)Cc1oc2c(c1/C=C/c1ccccc1)C(=O)c1ccccc1C2=O. The molecule has 2 aromatic carbocycles. The Morgan fingerprint density at radius 3 is 2.28 bits per heavy atom. The minimum Gasteiger partial charge on any atom is -0.466 e. The first kappa shape index (κ1) is 18.6. The second-order valence-electron chi connectivity index (χ2n) is 6.57. The zero-order chi connectivity index (χ0) is 20.4. The second kappa shape index (κ2) is 7.72. The van der Waals surface area contributed by atoms with Crippen LogP contribution < -0.4 is 0 Å². The fourth-order valence-electron chi connectivity index (χ4n) is 3.41. The Labute approximate surface area is 167 Å². The number of carbonyl (C=O) groups excluding carboxylic acids is 3. The van der Waals surface area contributed by atoms with Gasteiger partial charge in [0.1, 0.15) is 12.2 Å². The van der Waals surface area contributed by atoms with E-state index in [0.717, 1.165) is 5.56 Å². The van der Waals surface area contributed by atoms with Gasteiger partial charge >= 0.3 is 5.97 Å². The highest BCUT2D eigenvalue weighted by atomic mass is 16.5. The fourth-order valence-corrected chi connectivity index (χ4v) is 3.41. The molecule has 29 heavy (non-hydrogen) atoms. The maximum atomic E-state index is 13.1. The minimum atomic E-state index is -0.481. The molecule has 0 saturated carbocycles. The molecule has 1 aliphatic rings. The topological polar surface area (TPSA) is 73.6 Å². The van der Waals surface area contributed by atoms with Crippen LogP contribution in [0.3, 0.4) is 0 Å². The molecule has 144 valence electrons. The van der Waals surface area contributed by atoms with Gasteiger partial charge in [-0.2, -0.15) is 0 Å². The van der Waals surface area contributed by atoms with Gasteiger partial charge in [0.2, 0.25) is 5.78 Å². The summed E-state index contributed by atoms with van der Waals surface area (Å²) in [6.45, 7) is 1.95. The molecule has 1 aromatic heterocycles. The molecular weight excluding hydrogens is 368 g/mol. The summed E-state index contributed by atoms with van der Waals surface area (Å²) in [4.78, 5) is 38.1. The van der Waals surface area contributed by atoms with Crippen molar-refractivity contribution in [3.05, 3.63) is 93.9 Å². The number of benzene rings is 2. The number of furan rings is 1. The molecule has 0 aliphatic heterocycles. The predicted octanol–water partition coefficient (Wildman–Crippen LogP) is 4.33. The van der Waals surface area contributed by atoms with Gasteiger partial charge in [-0.1, -0.05) is 66.7 Å². The van der Waals surface area contributed by atoms with E-state index in [1.54, 1.807) is 37.3 Å². The Balaban J connectivity index is 1.84. The highest BCUT2D eigenvalue weighted by Gasteiger charge is 2.36. The summed E-state index contributed by atoms with van der Waals surface area (Å²) in [6.07, 6.45) is 3.37. The molecule has 0 saturated heterocycles. The highest BCUT2D eigenvalue weighted by molar-refractivity contribution is 6.28. The molecule has 1 heterocycles. The number of hydrogen-bond donors (Lipinski definition) is 0. The van der Waals surface area contributed by atoms with Crippen LogP contribution >= 0.6 is 0 Å². The average molecular weight is 386 g/mol. The van der Waals surface area contributed by atoms with Gasteiger partial charge in [-0.15, -0.1) is 0 Å². The maximum absolute atomic E-state index is 13.1. The fraction of sp³-hybridized carbons (Fsp3) is 0.125. The lowest BCUT2D eigenvalue weighted by molar-refractivity contribution is -0.142. The molecule has 3 aromatic rings. The van der Waals surface area contributed by atoms with Crippen molar-refractivity contribution >= 4 is 29.7 Å². The van der Waals surface area contributed by atoms with Crippen LogP contribution in [0.4, 0.5) is 0 Å². The third-order valence-electron chi connectivity index (χ3n) is 4.72. The molecule has 0 spiro atoms. The zero-order valence-corrected chi connectivity index (χ0v) is 15.8. The zero-order valence-electron chi connectivity index (χ0n) is 15.8. The van der Waals surface area contributed by atoms with E-state index >= 15 is 0 Å². The number of fused-ring (bicyclic) bond motifs is 2. The monoisotopic (exact) mass is 386 g/mol. The molecule has 0 bridgehead atoms. The van der Waals surface area contributed by atoms with Crippen LogP contribution in [0.25, 0.3) is 12.2 Å². The summed E-state index contributed by atoms with van der Waals surface area (Å²) in [5.41, 5.74) is 2.19. The Hall–Kier alpha value is -3.73. The van der Waals surface area contributed by atoms with Crippen molar-refractivity contribution < 1.29 is 23.5 Å². The maximum Gasteiger partial charge on any atom is 0.313 e. The lowest BCUT2D eigenvalue weighted by Crippen LogP contribution is -2.19. The first-order valence-corrected chi connectivity index (χ1v) is 9.33. The van der Waals surface area contributed by atoms with Crippen molar-refractivity contribution in [2.24, 2.45) is 0 Å². The summed E-state index contributed by atoms with van der Waals surface area (Å²) in [6, 6.07) is 16.2. The van der Waals surface area contributed by atoms with Crippen LogP contribution in [0.2, 0.25) is 0 Å².